The van der Waals surface area contributed by atoms with Gasteiger partial charge >= 0.3 is 0 Å². The number of nitrogens with zero attached hydrogens (tertiary/aromatic N) is 2. The third kappa shape index (κ3) is 7.62. The first-order valence-electron chi connectivity index (χ1n) is 17.6. The molecule has 0 saturated carbocycles. The smallest absolute Gasteiger partial charge is 0.164 e. The van der Waals surface area contributed by atoms with E-state index in [0.29, 0.717) is 0 Å². The number of aliphatic hydroxyl groups excluding tert-OH is 1. The van der Waals surface area contributed by atoms with Crippen LogP contribution in [0.3, 0.4) is 0 Å². The standard InChI is InChI=1S/C28H23N2S.C15H28O2.Ir/c1-28(2,3)22-16-19(15-18-7-4-5-9-20(18)22)25-24-21-11-10-17-8-6-13-29-26(17)27(21)31-23(24)12-14-30-25;1-7-14(5,8-2)12(16)11-13(17)15(6,9-3)10-4;/h4-9,12-14,16H,10-11H2,1-3H3;11,16H,7-10H2,1-6H3;/q-1;;/b;12-11-;. The zero-order chi connectivity index (χ0) is 34.9. The fraction of sp³-hybridized carbons (Fsp3) is 0.419. The number of carbonyl (C=O) groups excluding carboxylic acids is 1. The van der Waals surface area contributed by atoms with Crippen molar-refractivity contribution in [3.8, 4) is 21.8 Å². The van der Waals surface area contributed by atoms with Crippen LogP contribution in [0.2, 0.25) is 0 Å². The topological polar surface area (TPSA) is 63.1 Å². The van der Waals surface area contributed by atoms with Gasteiger partial charge in [-0.05, 0) is 72.6 Å². The molecule has 6 heteroatoms. The molecule has 1 N–H and O–H groups in total. The van der Waals surface area contributed by atoms with Gasteiger partial charge in [-0.2, -0.15) is 0 Å². The van der Waals surface area contributed by atoms with Crippen LogP contribution in [-0.2, 0) is 43.2 Å². The molecule has 0 saturated heterocycles. The Morgan fingerprint density at radius 2 is 1.51 bits per heavy atom. The Morgan fingerprint density at radius 1 is 0.857 bits per heavy atom. The van der Waals surface area contributed by atoms with Gasteiger partial charge in [-0.1, -0.05) is 97.5 Å². The van der Waals surface area contributed by atoms with Crippen LogP contribution in [0.4, 0.5) is 0 Å². The number of benzene rings is 2. The molecule has 6 rings (SSSR count). The Morgan fingerprint density at radius 3 is 2.16 bits per heavy atom. The number of thiophene rings is 1. The predicted molar refractivity (Wildman–Crippen MR) is 204 cm³/mol. The van der Waals surface area contributed by atoms with Crippen molar-refractivity contribution < 1.29 is 30.0 Å². The van der Waals surface area contributed by atoms with Crippen molar-refractivity contribution in [3.63, 3.8) is 0 Å². The summed E-state index contributed by atoms with van der Waals surface area (Å²) in [6.45, 7) is 18.9. The zero-order valence-electron chi connectivity index (χ0n) is 30.6. The van der Waals surface area contributed by atoms with Crippen LogP contribution in [0.25, 0.3) is 42.7 Å². The van der Waals surface area contributed by atoms with Crippen LogP contribution in [-0.4, -0.2) is 20.9 Å². The number of hydrogen-bond acceptors (Lipinski definition) is 5. The maximum absolute atomic E-state index is 12.2. The summed E-state index contributed by atoms with van der Waals surface area (Å²) < 4.78 is 1.28. The molecule has 1 radical (unpaired) electrons. The molecule has 2 aromatic carbocycles. The van der Waals surface area contributed by atoms with Crippen molar-refractivity contribution in [2.45, 2.75) is 106 Å². The van der Waals surface area contributed by atoms with E-state index in [1.807, 2.05) is 71.3 Å². The number of ketones is 1. The zero-order valence-corrected chi connectivity index (χ0v) is 33.8. The molecule has 4 nitrogen and oxygen atoms in total. The summed E-state index contributed by atoms with van der Waals surface area (Å²) in [5, 5.41) is 13.8. The number of rotatable bonds is 8. The Hall–Kier alpha value is -3.18. The molecular formula is C43H51IrN2O2S-. The van der Waals surface area contributed by atoms with E-state index in [1.54, 1.807) is 0 Å². The van der Waals surface area contributed by atoms with Crippen molar-refractivity contribution in [1.82, 2.24) is 9.97 Å². The van der Waals surface area contributed by atoms with Gasteiger partial charge in [0.1, 0.15) is 5.76 Å². The van der Waals surface area contributed by atoms with Crippen LogP contribution in [0.5, 0.6) is 0 Å². The van der Waals surface area contributed by atoms with Crippen LogP contribution in [0.15, 0.2) is 72.8 Å². The van der Waals surface area contributed by atoms with Gasteiger partial charge in [-0.25, -0.2) is 0 Å². The third-order valence-electron chi connectivity index (χ3n) is 10.9. The molecule has 0 bridgehead atoms. The first-order valence-corrected chi connectivity index (χ1v) is 18.4. The number of allylic oxidation sites excluding steroid dienone is 2. The minimum Gasteiger partial charge on any atom is -0.512 e. The van der Waals surface area contributed by atoms with Crippen molar-refractivity contribution in [2.24, 2.45) is 10.8 Å². The second kappa shape index (κ2) is 15.4. The molecule has 0 atom stereocenters. The largest absolute Gasteiger partial charge is 0.512 e. The molecule has 0 spiro atoms. The number of hydrogen-bond donors (Lipinski definition) is 1. The van der Waals surface area contributed by atoms with E-state index in [9.17, 15) is 9.90 Å². The van der Waals surface area contributed by atoms with Crippen LogP contribution in [0.1, 0.15) is 105 Å². The van der Waals surface area contributed by atoms with Crippen molar-refractivity contribution in [1.29, 1.82) is 0 Å². The monoisotopic (exact) mass is 852 g/mol. The molecule has 3 heterocycles. The maximum atomic E-state index is 12.2. The Labute approximate surface area is 310 Å². The molecule has 0 unspecified atom stereocenters. The Kier molecular flexibility index (Phi) is 12.1. The SMILES string of the molecule is CC(C)(C)c1cc(-c2nccc3sc4c(c23)CCc2cccnc2-4)[c-]c2ccccc12.CCC(C)(CC)C(=O)/C=C(\O)C(C)(CC)CC.[Ir]. The normalized spacial score (nSPS) is 13.3. The summed E-state index contributed by atoms with van der Waals surface area (Å²) in [5.41, 5.74) is 6.80. The third-order valence-corrected chi connectivity index (χ3v) is 12.1. The minimum atomic E-state index is -0.337. The van der Waals surface area contributed by atoms with Gasteiger partial charge in [-0.15, -0.1) is 40.5 Å². The Balaban J connectivity index is 0.000000260. The fourth-order valence-electron chi connectivity index (χ4n) is 6.51. The van der Waals surface area contributed by atoms with Gasteiger partial charge in [0, 0.05) is 59.8 Å². The van der Waals surface area contributed by atoms with E-state index < -0.39 is 0 Å². The summed E-state index contributed by atoms with van der Waals surface area (Å²) in [5.74, 6) is 0.286. The number of fused-ring (bicyclic) bond motifs is 6. The van der Waals surface area contributed by atoms with Crippen LogP contribution >= 0.6 is 11.3 Å². The van der Waals surface area contributed by atoms with Gasteiger partial charge in [0.05, 0.1) is 10.6 Å². The minimum absolute atomic E-state index is 0. The quantitative estimate of drug-likeness (QED) is 0.0960. The summed E-state index contributed by atoms with van der Waals surface area (Å²) in [6.07, 6.45) is 10.7. The summed E-state index contributed by atoms with van der Waals surface area (Å²) in [6, 6.07) is 21.0. The molecule has 261 valence electrons. The van der Waals surface area contributed by atoms with Crippen LogP contribution in [0, 0.1) is 16.9 Å². The van der Waals surface area contributed by atoms with Gasteiger partial charge in [0.2, 0.25) is 0 Å². The van der Waals surface area contributed by atoms with Crippen molar-refractivity contribution in [2.75, 3.05) is 0 Å². The van der Waals surface area contributed by atoms with E-state index >= 15 is 0 Å². The maximum Gasteiger partial charge on any atom is 0.164 e. The first-order chi connectivity index (χ1) is 22.8. The van der Waals surface area contributed by atoms with Gasteiger partial charge in [-0.3, -0.25) is 14.8 Å². The molecule has 0 aliphatic heterocycles. The summed E-state index contributed by atoms with van der Waals surface area (Å²) in [7, 11) is 0. The van der Waals surface area contributed by atoms with E-state index in [1.165, 1.54) is 43.1 Å². The van der Waals surface area contributed by atoms with E-state index in [2.05, 4.69) is 69.3 Å². The molecule has 1 aliphatic carbocycles. The van der Waals surface area contributed by atoms with Gasteiger partial charge in [0.15, 0.2) is 5.78 Å². The number of aliphatic hydroxyl groups is 1. The average Bonchev–Trinajstić information content (AvgIpc) is 3.49. The molecule has 5 aromatic rings. The van der Waals surface area contributed by atoms with Crippen molar-refractivity contribution >= 4 is 38.0 Å². The molecule has 49 heavy (non-hydrogen) atoms. The molecule has 0 amide bonds. The second-order valence-electron chi connectivity index (χ2n) is 14.8. The predicted octanol–water partition coefficient (Wildman–Crippen LogP) is 12.0. The Bertz CT molecular complexity index is 1980. The molecular weight excluding hydrogens is 801 g/mol. The van der Waals surface area contributed by atoms with Crippen LogP contribution < -0.4 is 0 Å². The number of aromatic nitrogens is 2. The molecule has 1 aliphatic rings. The second-order valence-corrected chi connectivity index (χ2v) is 15.8. The van der Waals surface area contributed by atoms with Gasteiger partial charge in [0.25, 0.3) is 0 Å². The molecule has 0 fully saturated rings. The number of carbonyl (C=O) groups is 1. The van der Waals surface area contributed by atoms with E-state index in [0.717, 1.165) is 60.9 Å². The van der Waals surface area contributed by atoms with E-state index in [-0.39, 0.29) is 47.9 Å². The van der Waals surface area contributed by atoms with Gasteiger partial charge < -0.3 is 5.11 Å². The first kappa shape index (κ1) is 38.6. The average molecular weight is 852 g/mol. The summed E-state index contributed by atoms with van der Waals surface area (Å²) >= 11 is 1.85. The van der Waals surface area contributed by atoms with E-state index in [4.69, 9.17) is 9.97 Å². The number of aryl methyl sites for hydroxylation is 2. The van der Waals surface area contributed by atoms with Crippen molar-refractivity contribution in [3.05, 3.63) is 95.5 Å². The summed E-state index contributed by atoms with van der Waals surface area (Å²) in [4.78, 5) is 23.1. The molecule has 3 aromatic heterocycles. The number of pyridine rings is 2. The fourth-order valence-corrected chi connectivity index (χ4v) is 7.78.